The molecular weight excluding hydrogens is 392 g/mol. The number of carbonyl (C=O) groups is 1. The van der Waals surface area contributed by atoms with Crippen LogP contribution in [0.15, 0.2) is 33.9 Å². The van der Waals surface area contributed by atoms with E-state index >= 15 is 0 Å². The molecule has 1 aromatic heterocycles. The number of nitrogens with one attached hydrogen (secondary N) is 1. The number of nitrogens with zero attached hydrogens (tertiary/aromatic N) is 2. The number of thioether (sulfide) groups is 1. The van der Waals surface area contributed by atoms with E-state index < -0.39 is 16.5 Å². The predicted octanol–water partition coefficient (Wildman–Crippen LogP) is 2.21. The fraction of sp³-hybridized carbons (Fsp3) is 0.450. The van der Waals surface area contributed by atoms with Crippen LogP contribution in [0.5, 0.6) is 5.75 Å². The van der Waals surface area contributed by atoms with E-state index in [1.807, 2.05) is 31.4 Å². The van der Waals surface area contributed by atoms with Crippen molar-refractivity contribution < 1.29 is 9.53 Å². The second-order valence-corrected chi connectivity index (χ2v) is 7.79. The molecule has 0 aliphatic carbocycles. The topological polar surface area (TPSA) is 110 Å². The Bertz CT molecular complexity index is 970. The van der Waals surface area contributed by atoms with Crippen LogP contribution in [0, 0.1) is 0 Å². The highest BCUT2D eigenvalue weighted by atomic mass is 32.2. The number of para-hydroxylation sites is 1. The zero-order chi connectivity index (χ0) is 21.6. The molecule has 3 N–H and O–H groups in total. The summed E-state index contributed by atoms with van der Waals surface area (Å²) in [4.78, 5) is 41.8. The van der Waals surface area contributed by atoms with Crippen molar-refractivity contribution in [2.75, 3.05) is 24.0 Å². The van der Waals surface area contributed by atoms with E-state index in [2.05, 4.69) is 4.98 Å². The summed E-state index contributed by atoms with van der Waals surface area (Å²) in [6.07, 6.45) is 3.39. The van der Waals surface area contributed by atoms with Crippen LogP contribution >= 0.6 is 11.8 Å². The van der Waals surface area contributed by atoms with Gasteiger partial charge in [-0.05, 0) is 25.7 Å². The Labute approximate surface area is 174 Å². The molecule has 29 heavy (non-hydrogen) atoms. The zero-order valence-corrected chi connectivity index (χ0v) is 18.0. The normalized spacial score (nSPS) is 11.9. The van der Waals surface area contributed by atoms with Gasteiger partial charge in [-0.2, -0.15) is 11.8 Å². The van der Waals surface area contributed by atoms with E-state index in [0.717, 1.165) is 18.4 Å². The number of hydrogen-bond acceptors (Lipinski definition) is 6. The van der Waals surface area contributed by atoms with Crippen LogP contribution in [0.4, 0.5) is 11.5 Å². The Balaban J connectivity index is 2.64. The largest absolute Gasteiger partial charge is 0.496 e. The van der Waals surface area contributed by atoms with E-state index in [1.54, 1.807) is 20.1 Å². The third-order valence-corrected chi connectivity index (χ3v) is 5.62. The van der Waals surface area contributed by atoms with Crippen LogP contribution in [0.2, 0.25) is 0 Å². The molecule has 2 aromatic rings. The minimum atomic E-state index is -0.684. The van der Waals surface area contributed by atoms with Crippen molar-refractivity contribution in [3.8, 4) is 5.75 Å². The van der Waals surface area contributed by atoms with Crippen LogP contribution in [0.25, 0.3) is 0 Å². The predicted molar refractivity (Wildman–Crippen MR) is 118 cm³/mol. The number of aromatic nitrogens is 2. The first-order valence-corrected chi connectivity index (χ1v) is 10.7. The van der Waals surface area contributed by atoms with E-state index in [0.29, 0.717) is 12.3 Å². The van der Waals surface area contributed by atoms with Gasteiger partial charge in [0.2, 0.25) is 5.91 Å². The fourth-order valence-corrected chi connectivity index (χ4v) is 3.30. The highest BCUT2D eigenvalue weighted by Gasteiger charge is 2.28. The van der Waals surface area contributed by atoms with Gasteiger partial charge in [0.25, 0.3) is 5.56 Å². The molecule has 0 saturated carbocycles. The van der Waals surface area contributed by atoms with Gasteiger partial charge in [0.1, 0.15) is 11.6 Å². The van der Waals surface area contributed by atoms with Crippen molar-refractivity contribution in [3.63, 3.8) is 0 Å². The molecule has 9 heteroatoms. The molecule has 0 radical (unpaired) electrons. The Hall–Kier alpha value is -2.68. The number of benzene rings is 1. The minimum Gasteiger partial charge on any atom is -0.496 e. The van der Waals surface area contributed by atoms with Gasteiger partial charge in [0.05, 0.1) is 18.9 Å². The van der Waals surface area contributed by atoms with Gasteiger partial charge in [-0.3, -0.25) is 24.0 Å². The van der Waals surface area contributed by atoms with Crippen molar-refractivity contribution in [1.82, 2.24) is 9.55 Å². The average molecular weight is 421 g/mol. The van der Waals surface area contributed by atoms with Gasteiger partial charge >= 0.3 is 5.69 Å². The molecule has 0 fully saturated rings. The first kappa shape index (κ1) is 22.6. The fourth-order valence-electron chi connectivity index (χ4n) is 2.97. The maximum absolute atomic E-state index is 13.2. The molecule has 158 valence electrons. The summed E-state index contributed by atoms with van der Waals surface area (Å²) in [5.74, 6) is 0.307. The first-order chi connectivity index (χ1) is 13.8. The number of methoxy groups -OCH3 is 1. The molecule has 2 rings (SSSR count). The summed E-state index contributed by atoms with van der Waals surface area (Å²) in [5, 5.41) is -0.403. The van der Waals surface area contributed by atoms with Gasteiger partial charge in [-0.25, -0.2) is 4.79 Å². The summed E-state index contributed by atoms with van der Waals surface area (Å²) >= 11 is 1.37. The molecule has 8 nitrogen and oxygen atoms in total. The van der Waals surface area contributed by atoms with Gasteiger partial charge in [-0.1, -0.05) is 31.5 Å². The molecular formula is C20H28N4O4S. The van der Waals surface area contributed by atoms with Gasteiger partial charge in [-0.15, -0.1) is 0 Å². The standard InChI is InChI=1S/C20H28N4O4S/c1-5-6-11-23-17(21)16(18(25)22-20(23)27)24(19(26)13(2)29-4)12-14-9-7-8-10-15(14)28-3/h7-10,13H,5-6,11-12,21H2,1-4H3,(H,22,25,27). The number of nitrogens with two attached hydrogens (primary N) is 1. The third kappa shape index (κ3) is 5.03. The quantitative estimate of drug-likeness (QED) is 0.644. The molecule has 0 aliphatic heterocycles. The molecule has 0 spiro atoms. The van der Waals surface area contributed by atoms with Gasteiger partial charge in [0.15, 0.2) is 5.69 Å². The number of anilines is 2. The van der Waals surface area contributed by atoms with E-state index in [-0.39, 0.29) is 24.0 Å². The van der Waals surface area contributed by atoms with Crippen molar-refractivity contribution in [2.24, 2.45) is 0 Å². The number of ether oxygens (including phenoxy) is 1. The molecule has 1 aromatic carbocycles. The van der Waals surface area contributed by atoms with Crippen LogP contribution in [0.1, 0.15) is 32.3 Å². The number of nitrogen functional groups attached to an aromatic ring is 1. The lowest BCUT2D eigenvalue weighted by Crippen LogP contribution is -2.43. The van der Waals surface area contributed by atoms with E-state index in [9.17, 15) is 14.4 Å². The Morgan fingerprint density at radius 1 is 1.34 bits per heavy atom. The molecule has 0 bridgehead atoms. The highest BCUT2D eigenvalue weighted by Crippen LogP contribution is 2.26. The summed E-state index contributed by atoms with van der Waals surface area (Å²) in [6, 6.07) is 7.26. The summed E-state index contributed by atoms with van der Waals surface area (Å²) in [7, 11) is 1.54. The van der Waals surface area contributed by atoms with Crippen LogP contribution in [-0.4, -0.2) is 34.1 Å². The Kier molecular flexibility index (Phi) is 7.95. The van der Waals surface area contributed by atoms with Crippen molar-refractivity contribution in [3.05, 3.63) is 50.7 Å². The Morgan fingerprint density at radius 3 is 2.66 bits per heavy atom. The van der Waals surface area contributed by atoms with Crippen LogP contribution in [0.3, 0.4) is 0 Å². The molecule has 1 unspecified atom stereocenters. The summed E-state index contributed by atoms with van der Waals surface area (Å²) < 4.78 is 6.70. The van der Waals surface area contributed by atoms with E-state index in [4.69, 9.17) is 10.5 Å². The monoisotopic (exact) mass is 420 g/mol. The number of carbonyl (C=O) groups excluding carboxylic acids is 1. The number of rotatable bonds is 9. The van der Waals surface area contributed by atoms with E-state index in [1.165, 1.54) is 21.2 Å². The molecule has 1 amide bonds. The number of H-pyrrole nitrogens is 1. The molecule has 1 heterocycles. The maximum Gasteiger partial charge on any atom is 0.330 e. The average Bonchev–Trinajstić information content (AvgIpc) is 2.71. The summed E-state index contributed by atoms with van der Waals surface area (Å²) in [6.45, 7) is 4.21. The molecule has 1 atom stereocenters. The molecule has 0 saturated heterocycles. The minimum absolute atomic E-state index is 0.0104. The second kappa shape index (κ2) is 10.2. The number of hydrogen-bond donors (Lipinski definition) is 2. The van der Waals surface area contributed by atoms with Crippen molar-refractivity contribution in [1.29, 1.82) is 0 Å². The zero-order valence-electron chi connectivity index (χ0n) is 17.2. The maximum atomic E-state index is 13.2. The number of amides is 1. The second-order valence-electron chi connectivity index (χ2n) is 6.61. The first-order valence-electron chi connectivity index (χ1n) is 9.44. The lowest BCUT2D eigenvalue weighted by Gasteiger charge is -2.27. The van der Waals surface area contributed by atoms with Crippen molar-refractivity contribution >= 4 is 29.2 Å². The number of unbranched alkanes of at least 4 members (excludes halogenated alkanes) is 1. The van der Waals surface area contributed by atoms with Gasteiger partial charge in [0, 0.05) is 12.1 Å². The number of aromatic amines is 1. The summed E-state index contributed by atoms with van der Waals surface area (Å²) in [5.41, 5.74) is 5.69. The molecule has 0 aliphatic rings. The van der Waals surface area contributed by atoms with Gasteiger partial charge < -0.3 is 10.5 Å². The van der Waals surface area contributed by atoms with Crippen LogP contribution in [-0.2, 0) is 17.9 Å². The Morgan fingerprint density at radius 2 is 2.03 bits per heavy atom. The lowest BCUT2D eigenvalue weighted by molar-refractivity contribution is -0.118. The SMILES string of the molecule is CCCCn1c(N)c(N(Cc2ccccc2OC)C(=O)C(C)SC)c(=O)[nH]c1=O. The lowest BCUT2D eigenvalue weighted by atomic mass is 10.1. The third-order valence-electron chi connectivity index (χ3n) is 4.71. The van der Waals surface area contributed by atoms with Crippen molar-refractivity contribution in [2.45, 2.75) is 45.0 Å². The highest BCUT2D eigenvalue weighted by molar-refractivity contribution is 7.99. The smallest absolute Gasteiger partial charge is 0.330 e. The van der Waals surface area contributed by atoms with Crippen LogP contribution < -0.4 is 26.6 Å².